The first-order valence-corrected chi connectivity index (χ1v) is 8.32. The van der Waals surface area contributed by atoms with Crippen molar-refractivity contribution in [1.82, 2.24) is 5.32 Å². The molecule has 1 atom stereocenters. The highest BCUT2D eigenvalue weighted by Crippen LogP contribution is 2.26. The first-order valence-electron chi connectivity index (χ1n) is 6.61. The van der Waals surface area contributed by atoms with Crippen LogP contribution in [0.5, 0.6) is 0 Å². The molecule has 0 bridgehead atoms. The monoisotopic (exact) mass is 245 g/mol. The molecule has 1 saturated heterocycles. The van der Waals surface area contributed by atoms with E-state index in [1.807, 2.05) is 0 Å². The van der Waals surface area contributed by atoms with Crippen LogP contribution in [0, 0.1) is 5.92 Å². The van der Waals surface area contributed by atoms with Crippen molar-refractivity contribution in [3.05, 3.63) is 0 Å². The quantitative estimate of drug-likeness (QED) is 0.823. The van der Waals surface area contributed by atoms with Crippen molar-refractivity contribution >= 4 is 9.84 Å². The summed E-state index contributed by atoms with van der Waals surface area (Å²) in [6.45, 7) is 1.95. The van der Waals surface area contributed by atoms with Crippen molar-refractivity contribution < 1.29 is 8.42 Å². The summed E-state index contributed by atoms with van der Waals surface area (Å²) in [6, 6.07) is 0. The fourth-order valence-corrected chi connectivity index (χ4v) is 5.22. The van der Waals surface area contributed by atoms with Crippen LogP contribution in [0.2, 0.25) is 0 Å². The molecular formula is C12H23NO2S. The molecule has 2 rings (SSSR count). The second-order valence-corrected chi connectivity index (χ2v) is 7.63. The zero-order chi connectivity index (χ0) is 11.4. The molecule has 1 heterocycles. The van der Waals surface area contributed by atoms with E-state index in [1.54, 1.807) is 0 Å². The minimum atomic E-state index is -2.82. The summed E-state index contributed by atoms with van der Waals surface area (Å²) >= 11 is 0. The maximum Gasteiger partial charge on any atom is 0.153 e. The zero-order valence-electron chi connectivity index (χ0n) is 9.95. The number of piperidine rings is 1. The third-order valence-electron chi connectivity index (χ3n) is 3.93. The van der Waals surface area contributed by atoms with Crippen LogP contribution in [0.1, 0.15) is 44.9 Å². The predicted octanol–water partition coefficient (Wildman–Crippen LogP) is 1.73. The summed E-state index contributed by atoms with van der Waals surface area (Å²) in [6.07, 6.45) is 7.45. The fourth-order valence-electron chi connectivity index (χ4n) is 2.96. The zero-order valence-corrected chi connectivity index (χ0v) is 10.8. The van der Waals surface area contributed by atoms with Crippen LogP contribution in [0.25, 0.3) is 0 Å². The highest BCUT2D eigenvalue weighted by molar-refractivity contribution is 7.92. The van der Waals surface area contributed by atoms with Crippen LogP contribution in [-0.2, 0) is 9.84 Å². The summed E-state index contributed by atoms with van der Waals surface area (Å²) < 4.78 is 24.5. The Bertz CT molecular complexity index is 301. The summed E-state index contributed by atoms with van der Waals surface area (Å²) in [7, 11) is -2.82. The molecule has 0 aromatic carbocycles. The third-order valence-corrected chi connectivity index (χ3v) is 6.35. The van der Waals surface area contributed by atoms with E-state index in [-0.39, 0.29) is 5.25 Å². The number of rotatable bonds is 3. The Balaban J connectivity index is 1.90. The lowest BCUT2D eigenvalue weighted by Gasteiger charge is -2.27. The van der Waals surface area contributed by atoms with Crippen molar-refractivity contribution in [2.45, 2.75) is 50.2 Å². The van der Waals surface area contributed by atoms with Crippen LogP contribution in [-0.4, -0.2) is 32.5 Å². The lowest BCUT2D eigenvalue weighted by molar-refractivity contribution is 0.399. The Labute approximate surface area is 98.9 Å². The maximum atomic E-state index is 12.2. The van der Waals surface area contributed by atoms with Gasteiger partial charge in [-0.2, -0.15) is 0 Å². The molecule has 2 fully saturated rings. The average molecular weight is 245 g/mol. The highest BCUT2D eigenvalue weighted by atomic mass is 32.2. The van der Waals surface area contributed by atoms with Crippen molar-refractivity contribution in [2.24, 2.45) is 5.92 Å². The van der Waals surface area contributed by atoms with Gasteiger partial charge in [-0.25, -0.2) is 8.42 Å². The number of sulfone groups is 1. The molecule has 1 aliphatic carbocycles. The molecule has 1 aliphatic heterocycles. The van der Waals surface area contributed by atoms with Gasteiger partial charge in [0.2, 0.25) is 0 Å². The van der Waals surface area contributed by atoms with Gasteiger partial charge in [-0.3, -0.25) is 0 Å². The molecule has 1 saturated carbocycles. The first-order chi connectivity index (χ1) is 7.68. The molecule has 0 radical (unpaired) electrons. The molecule has 0 amide bonds. The van der Waals surface area contributed by atoms with Crippen LogP contribution >= 0.6 is 0 Å². The minimum Gasteiger partial charge on any atom is -0.316 e. The molecular weight excluding hydrogens is 222 g/mol. The van der Waals surface area contributed by atoms with E-state index in [0.29, 0.717) is 11.7 Å². The lowest BCUT2D eigenvalue weighted by Crippen LogP contribution is -2.37. The van der Waals surface area contributed by atoms with Crippen molar-refractivity contribution in [3.8, 4) is 0 Å². The van der Waals surface area contributed by atoms with E-state index in [4.69, 9.17) is 0 Å². The van der Waals surface area contributed by atoms with Gasteiger partial charge in [0.1, 0.15) is 0 Å². The third kappa shape index (κ3) is 3.20. The summed E-state index contributed by atoms with van der Waals surface area (Å²) in [5.41, 5.74) is 0. The molecule has 0 aromatic rings. The van der Waals surface area contributed by atoms with Gasteiger partial charge in [-0.05, 0) is 44.7 Å². The fraction of sp³-hybridized carbons (Fsp3) is 1.00. The van der Waals surface area contributed by atoms with Gasteiger partial charge in [0.15, 0.2) is 9.84 Å². The lowest BCUT2D eigenvalue weighted by atomic mass is 10.0. The second-order valence-electron chi connectivity index (χ2n) is 5.30. The van der Waals surface area contributed by atoms with Gasteiger partial charge in [0.05, 0.1) is 11.0 Å². The molecule has 0 unspecified atom stereocenters. The molecule has 1 N–H and O–H groups in total. The Morgan fingerprint density at radius 2 is 1.75 bits per heavy atom. The highest BCUT2D eigenvalue weighted by Gasteiger charge is 2.30. The van der Waals surface area contributed by atoms with Gasteiger partial charge in [-0.15, -0.1) is 0 Å². The van der Waals surface area contributed by atoms with E-state index < -0.39 is 9.84 Å². The van der Waals surface area contributed by atoms with Gasteiger partial charge < -0.3 is 5.32 Å². The van der Waals surface area contributed by atoms with Crippen LogP contribution in [0.3, 0.4) is 0 Å². The molecule has 16 heavy (non-hydrogen) atoms. The van der Waals surface area contributed by atoms with E-state index in [9.17, 15) is 8.42 Å². The number of nitrogens with one attached hydrogen (secondary N) is 1. The Morgan fingerprint density at radius 1 is 1.00 bits per heavy atom. The molecule has 3 nitrogen and oxygen atoms in total. The summed E-state index contributed by atoms with van der Waals surface area (Å²) in [5.74, 6) is 0.783. The second kappa shape index (κ2) is 5.50. The molecule has 0 spiro atoms. The minimum absolute atomic E-state index is 0.0248. The average Bonchev–Trinajstić information content (AvgIpc) is 2.31. The summed E-state index contributed by atoms with van der Waals surface area (Å²) in [5, 5.41) is 3.27. The predicted molar refractivity (Wildman–Crippen MR) is 66.3 cm³/mol. The normalized spacial score (nSPS) is 29.1. The van der Waals surface area contributed by atoms with Gasteiger partial charge in [0, 0.05) is 0 Å². The van der Waals surface area contributed by atoms with Crippen LogP contribution in [0.15, 0.2) is 0 Å². The first kappa shape index (κ1) is 12.4. The van der Waals surface area contributed by atoms with E-state index in [2.05, 4.69) is 5.32 Å². The van der Waals surface area contributed by atoms with Gasteiger partial charge in [-0.1, -0.05) is 19.3 Å². The Kier molecular flexibility index (Phi) is 4.25. The standard InChI is InChI=1S/C12H23NO2S/c14-16(15,12-6-2-1-3-7-12)10-11-5-4-8-13-9-11/h11-13H,1-10H2/t11-/m1/s1. The molecule has 2 aliphatic rings. The summed E-state index contributed by atoms with van der Waals surface area (Å²) in [4.78, 5) is 0. The Morgan fingerprint density at radius 3 is 2.38 bits per heavy atom. The van der Waals surface area contributed by atoms with Crippen molar-refractivity contribution in [3.63, 3.8) is 0 Å². The van der Waals surface area contributed by atoms with E-state index in [1.165, 1.54) is 6.42 Å². The maximum absolute atomic E-state index is 12.2. The Hall–Kier alpha value is -0.0900. The topological polar surface area (TPSA) is 46.2 Å². The van der Waals surface area contributed by atoms with E-state index in [0.717, 1.165) is 51.6 Å². The number of hydrogen-bond acceptors (Lipinski definition) is 3. The molecule has 0 aromatic heterocycles. The smallest absolute Gasteiger partial charge is 0.153 e. The van der Waals surface area contributed by atoms with Crippen LogP contribution in [0.4, 0.5) is 0 Å². The van der Waals surface area contributed by atoms with Crippen molar-refractivity contribution in [1.29, 1.82) is 0 Å². The van der Waals surface area contributed by atoms with Gasteiger partial charge >= 0.3 is 0 Å². The SMILES string of the molecule is O=S(=O)(C[C@@H]1CCCNC1)C1CCCCC1. The van der Waals surface area contributed by atoms with E-state index >= 15 is 0 Å². The number of hydrogen-bond donors (Lipinski definition) is 1. The molecule has 4 heteroatoms. The largest absolute Gasteiger partial charge is 0.316 e. The van der Waals surface area contributed by atoms with Gasteiger partial charge in [0.25, 0.3) is 0 Å². The van der Waals surface area contributed by atoms with Crippen LogP contribution < -0.4 is 5.32 Å². The van der Waals surface area contributed by atoms with Crippen molar-refractivity contribution in [2.75, 3.05) is 18.8 Å². The molecule has 94 valence electrons.